The lowest BCUT2D eigenvalue weighted by molar-refractivity contribution is -0.118. The predicted octanol–water partition coefficient (Wildman–Crippen LogP) is 6.03. The number of piperidine rings is 1. The molecule has 0 unspecified atom stereocenters. The van der Waals surface area contributed by atoms with Crippen molar-refractivity contribution in [3.8, 4) is 16.9 Å². The van der Waals surface area contributed by atoms with Gasteiger partial charge in [0, 0.05) is 36.2 Å². The van der Waals surface area contributed by atoms with E-state index in [9.17, 15) is 4.79 Å². The molecule has 1 aliphatic carbocycles. The van der Waals surface area contributed by atoms with Crippen LogP contribution in [0.3, 0.4) is 0 Å². The molecular weight excluding hydrogens is 517 g/mol. The van der Waals surface area contributed by atoms with Gasteiger partial charge in [0.05, 0.1) is 6.61 Å². The first-order chi connectivity index (χ1) is 17.5. The zero-order chi connectivity index (χ0) is 24.9. The molecule has 208 valence electrons. The number of carbonyl (C=O) groups excluding carboxylic acids is 1. The van der Waals surface area contributed by atoms with Crippen LogP contribution in [0.1, 0.15) is 56.1 Å². The smallest absolute Gasteiger partial charge is 0.247 e. The maximum Gasteiger partial charge on any atom is 0.247 e. The molecule has 1 saturated carbocycles. The molecule has 2 fully saturated rings. The molecule has 0 spiro atoms. The standard InChI is InChI=1S/C31H41N3O2.2ClH/c1-22-3-7-24(8-4-22)25-9-12-30-27(19-25)20-26(15-18-36-30)31(35)33-28-10-5-23(6-11-28)21-34(2)29-13-16-32-17-14-29;;/h3-4,7-9,12,19-20,23,28-29,32H,5-6,10-11,13-18,21H2,1-2H3,(H,33,35);2*1H. The number of aryl methyl sites for hydroxylation is 1. The van der Waals surface area contributed by atoms with E-state index in [-0.39, 0.29) is 36.8 Å². The average Bonchev–Trinajstić information content (AvgIpc) is 3.13. The van der Waals surface area contributed by atoms with Gasteiger partial charge in [0.25, 0.3) is 0 Å². The molecule has 5 rings (SSSR count). The predicted molar refractivity (Wildman–Crippen MR) is 162 cm³/mol. The van der Waals surface area contributed by atoms with Crippen molar-refractivity contribution in [1.29, 1.82) is 0 Å². The summed E-state index contributed by atoms with van der Waals surface area (Å²) >= 11 is 0. The zero-order valence-electron chi connectivity index (χ0n) is 22.7. The number of halogens is 2. The van der Waals surface area contributed by atoms with Crippen LogP contribution >= 0.6 is 24.8 Å². The third-order valence-electron chi connectivity index (χ3n) is 8.31. The van der Waals surface area contributed by atoms with Gasteiger partial charge < -0.3 is 20.3 Å². The Balaban J connectivity index is 0.00000200. The summed E-state index contributed by atoms with van der Waals surface area (Å²) in [4.78, 5) is 15.8. The summed E-state index contributed by atoms with van der Waals surface area (Å²) in [5.74, 6) is 1.67. The Bertz CT molecular complexity index is 1080. The Labute approximate surface area is 240 Å². The van der Waals surface area contributed by atoms with E-state index in [1.54, 1.807) is 0 Å². The van der Waals surface area contributed by atoms with Crippen LogP contribution in [0.4, 0.5) is 0 Å². The lowest BCUT2D eigenvalue weighted by Gasteiger charge is -2.36. The number of rotatable bonds is 6. The molecule has 5 nitrogen and oxygen atoms in total. The van der Waals surface area contributed by atoms with Crippen molar-refractivity contribution in [1.82, 2.24) is 15.5 Å². The van der Waals surface area contributed by atoms with Crippen molar-refractivity contribution in [3.05, 3.63) is 59.2 Å². The molecule has 1 saturated heterocycles. The van der Waals surface area contributed by atoms with Gasteiger partial charge in [0.2, 0.25) is 5.91 Å². The van der Waals surface area contributed by atoms with Crippen LogP contribution in [0.5, 0.6) is 5.75 Å². The van der Waals surface area contributed by atoms with Crippen LogP contribution < -0.4 is 15.4 Å². The van der Waals surface area contributed by atoms with E-state index in [1.165, 1.54) is 43.4 Å². The number of nitrogens with one attached hydrogen (secondary N) is 2. The number of hydrogen-bond donors (Lipinski definition) is 2. The number of amides is 1. The lowest BCUT2D eigenvalue weighted by atomic mass is 9.85. The van der Waals surface area contributed by atoms with E-state index in [2.05, 4.69) is 65.9 Å². The van der Waals surface area contributed by atoms with Gasteiger partial charge in [-0.05, 0) is 101 Å². The molecule has 2 aromatic rings. The zero-order valence-corrected chi connectivity index (χ0v) is 24.3. The second-order valence-corrected chi connectivity index (χ2v) is 11.0. The molecular formula is C31H43Cl2N3O2. The highest BCUT2D eigenvalue weighted by atomic mass is 35.5. The van der Waals surface area contributed by atoms with Crippen molar-refractivity contribution in [2.45, 2.75) is 64.0 Å². The van der Waals surface area contributed by atoms with Crippen LogP contribution in [-0.4, -0.2) is 56.2 Å². The van der Waals surface area contributed by atoms with E-state index < -0.39 is 0 Å². The maximum atomic E-state index is 13.2. The Morgan fingerprint density at radius 1 is 0.974 bits per heavy atom. The minimum absolute atomic E-state index is 0. The number of carbonyl (C=O) groups is 1. The van der Waals surface area contributed by atoms with E-state index in [4.69, 9.17) is 4.74 Å². The molecule has 38 heavy (non-hydrogen) atoms. The molecule has 7 heteroatoms. The average molecular weight is 561 g/mol. The fraction of sp³-hybridized carbons (Fsp3) is 0.516. The van der Waals surface area contributed by atoms with E-state index in [0.29, 0.717) is 13.0 Å². The lowest BCUT2D eigenvalue weighted by Crippen LogP contribution is -2.44. The summed E-state index contributed by atoms with van der Waals surface area (Å²) in [5.41, 5.74) is 5.37. The minimum Gasteiger partial charge on any atom is -0.493 e. The topological polar surface area (TPSA) is 53.6 Å². The van der Waals surface area contributed by atoms with E-state index in [0.717, 1.165) is 60.3 Å². The molecule has 0 bridgehead atoms. The van der Waals surface area contributed by atoms with Crippen molar-refractivity contribution < 1.29 is 9.53 Å². The minimum atomic E-state index is 0. The second-order valence-electron chi connectivity index (χ2n) is 11.0. The van der Waals surface area contributed by atoms with Crippen LogP contribution in [0.15, 0.2) is 48.0 Å². The Kier molecular flexibility index (Phi) is 11.5. The van der Waals surface area contributed by atoms with Gasteiger partial charge in [0.15, 0.2) is 0 Å². The second kappa shape index (κ2) is 14.4. The Morgan fingerprint density at radius 2 is 1.66 bits per heavy atom. The summed E-state index contributed by atoms with van der Waals surface area (Å²) in [6, 6.07) is 15.8. The fourth-order valence-electron chi connectivity index (χ4n) is 6.00. The monoisotopic (exact) mass is 559 g/mol. The van der Waals surface area contributed by atoms with Crippen molar-refractivity contribution in [2.75, 3.05) is 33.3 Å². The number of fused-ring (bicyclic) bond motifs is 1. The van der Waals surface area contributed by atoms with Gasteiger partial charge in [-0.1, -0.05) is 35.9 Å². The molecule has 0 aromatic heterocycles. The molecule has 0 atom stereocenters. The quantitative estimate of drug-likeness (QED) is 0.453. The third-order valence-corrected chi connectivity index (χ3v) is 8.31. The van der Waals surface area contributed by atoms with Gasteiger partial charge in [-0.2, -0.15) is 0 Å². The highest BCUT2D eigenvalue weighted by molar-refractivity contribution is 5.98. The summed E-state index contributed by atoms with van der Waals surface area (Å²) in [5, 5.41) is 6.82. The fourth-order valence-corrected chi connectivity index (χ4v) is 6.00. The first-order valence-electron chi connectivity index (χ1n) is 13.8. The van der Waals surface area contributed by atoms with Gasteiger partial charge in [-0.25, -0.2) is 0 Å². The first-order valence-corrected chi connectivity index (χ1v) is 13.8. The highest BCUT2D eigenvalue weighted by Crippen LogP contribution is 2.32. The molecule has 2 N–H and O–H groups in total. The molecule has 2 aliphatic heterocycles. The number of nitrogens with zero attached hydrogens (tertiary/aromatic N) is 1. The molecule has 2 heterocycles. The summed E-state index contributed by atoms with van der Waals surface area (Å²) < 4.78 is 5.99. The Hall–Kier alpha value is -2.05. The summed E-state index contributed by atoms with van der Waals surface area (Å²) in [7, 11) is 2.30. The highest BCUT2D eigenvalue weighted by Gasteiger charge is 2.27. The molecule has 1 amide bonds. The van der Waals surface area contributed by atoms with Crippen molar-refractivity contribution >= 4 is 36.8 Å². The van der Waals surface area contributed by atoms with Gasteiger partial charge in [-0.15, -0.1) is 24.8 Å². The largest absolute Gasteiger partial charge is 0.493 e. The molecule has 3 aliphatic rings. The summed E-state index contributed by atoms with van der Waals surface area (Å²) in [6.07, 6.45) is 9.75. The van der Waals surface area contributed by atoms with Gasteiger partial charge in [0.1, 0.15) is 5.75 Å². The number of benzene rings is 2. The number of hydrogen-bond acceptors (Lipinski definition) is 4. The van der Waals surface area contributed by atoms with Crippen LogP contribution in [0.25, 0.3) is 17.2 Å². The maximum absolute atomic E-state index is 13.2. The van der Waals surface area contributed by atoms with Gasteiger partial charge in [-0.3, -0.25) is 4.79 Å². The van der Waals surface area contributed by atoms with Crippen LogP contribution in [-0.2, 0) is 4.79 Å². The van der Waals surface area contributed by atoms with Crippen molar-refractivity contribution in [2.24, 2.45) is 5.92 Å². The first kappa shape index (κ1) is 30.5. The SMILES string of the molecule is Cc1ccc(-c2ccc3c(c2)C=C(C(=O)NC2CCC(CN(C)C4CCNCC4)CC2)CCO3)cc1.Cl.Cl. The Morgan fingerprint density at radius 3 is 2.37 bits per heavy atom. The van der Waals surface area contributed by atoms with Crippen LogP contribution in [0.2, 0.25) is 0 Å². The molecule has 2 aromatic carbocycles. The van der Waals surface area contributed by atoms with Crippen molar-refractivity contribution in [3.63, 3.8) is 0 Å². The van der Waals surface area contributed by atoms with Gasteiger partial charge >= 0.3 is 0 Å². The van der Waals surface area contributed by atoms with Crippen LogP contribution in [0, 0.1) is 12.8 Å². The normalized spacial score (nSPS) is 21.6. The summed E-state index contributed by atoms with van der Waals surface area (Å²) in [6.45, 7) is 6.11. The molecule has 0 radical (unpaired) electrons. The number of ether oxygens (including phenoxy) is 1. The third kappa shape index (κ3) is 7.75. The van der Waals surface area contributed by atoms with E-state index in [1.807, 2.05) is 12.1 Å². The van der Waals surface area contributed by atoms with E-state index >= 15 is 0 Å².